The molecular weight excluding hydrogens is 486 g/mol. The number of benzene rings is 2. The molecule has 0 aliphatic carbocycles. The van der Waals surface area contributed by atoms with Crippen LogP contribution in [0.2, 0.25) is 5.02 Å². The van der Waals surface area contributed by atoms with Crippen molar-refractivity contribution < 1.29 is 18.1 Å². The molecule has 2 aromatic carbocycles. The first-order valence-corrected chi connectivity index (χ1v) is 12.7. The first kappa shape index (κ1) is 23.1. The number of nitrogens with zero attached hydrogens (tertiary/aromatic N) is 3. The quantitative estimate of drug-likeness (QED) is 0.185. The number of rotatable bonds is 8. The number of imidazole rings is 1. The van der Waals surface area contributed by atoms with Gasteiger partial charge in [-0.3, -0.25) is 0 Å². The summed E-state index contributed by atoms with van der Waals surface area (Å²) in [6.07, 6.45) is 1.37. The van der Waals surface area contributed by atoms with Crippen LogP contribution < -0.4 is 4.74 Å². The summed E-state index contributed by atoms with van der Waals surface area (Å²) in [6, 6.07) is 17.0. The highest BCUT2D eigenvalue weighted by Gasteiger charge is 2.29. The van der Waals surface area contributed by atoms with Crippen LogP contribution in [0, 0.1) is 10.1 Å². The van der Waals surface area contributed by atoms with E-state index in [9.17, 15) is 18.5 Å². The van der Waals surface area contributed by atoms with Crippen LogP contribution in [0.3, 0.4) is 0 Å². The van der Waals surface area contributed by atoms with E-state index in [2.05, 4.69) is 4.98 Å². The number of thioether (sulfide) groups is 1. The van der Waals surface area contributed by atoms with E-state index in [0.717, 1.165) is 11.3 Å². The summed E-state index contributed by atoms with van der Waals surface area (Å²) in [5.74, 6) is 0.272. The first-order valence-electron chi connectivity index (χ1n) is 9.67. The molecule has 0 atom stereocenters. The van der Waals surface area contributed by atoms with Crippen LogP contribution in [0.1, 0.15) is 11.3 Å². The fraction of sp³-hybridized carbons (Fsp3) is 0.136. The highest BCUT2D eigenvalue weighted by molar-refractivity contribution is 7.98. The average Bonchev–Trinajstić information content (AvgIpc) is 3.15. The largest absolute Gasteiger partial charge is 0.497 e. The van der Waals surface area contributed by atoms with E-state index in [4.69, 9.17) is 16.3 Å². The molecule has 2 aromatic heterocycles. The molecule has 0 amide bonds. The zero-order valence-electron chi connectivity index (χ0n) is 17.3. The Morgan fingerprint density at radius 2 is 1.85 bits per heavy atom. The van der Waals surface area contributed by atoms with Crippen molar-refractivity contribution >= 4 is 44.7 Å². The van der Waals surface area contributed by atoms with Crippen molar-refractivity contribution in [3.8, 4) is 5.75 Å². The van der Waals surface area contributed by atoms with Gasteiger partial charge in [0.1, 0.15) is 17.7 Å². The summed E-state index contributed by atoms with van der Waals surface area (Å²) in [4.78, 5) is 16.3. The Bertz CT molecular complexity index is 1420. The predicted octanol–water partition coefficient (Wildman–Crippen LogP) is 5.17. The summed E-state index contributed by atoms with van der Waals surface area (Å²) in [7, 11) is -2.24. The Hall–Kier alpha value is -3.08. The third kappa shape index (κ3) is 4.97. The summed E-state index contributed by atoms with van der Waals surface area (Å²) >= 11 is 7.64. The lowest BCUT2D eigenvalue weighted by molar-refractivity contribution is -0.391. The van der Waals surface area contributed by atoms with Crippen molar-refractivity contribution in [2.24, 2.45) is 0 Å². The standard InChI is InChI=1S/C22H18ClN3O5S2/c1-31-17-9-7-15(8-10-17)13-32-20-11-16(23)12-25-21(20)24-19(22(25)26(27)28)14-33(29,30)18-5-3-2-4-6-18/h2-12H,13-14H2,1H3. The highest BCUT2D eigenvalue weighted by atomic mass is 35.5. The Kier molecular flexibility index (Phi) is 6.59. The third-order valence-electron chi connectivity index (χ3n) is 4.85. The van der Waals surface area contributed by atoms with Crippen molar-refractivity contribution in [2.75, 3.05) is 7.11 Å². The maximum atomic E-state index is 12.9. The molecule has 170 valence electrons. The van der Waals surface area contributed by atoms with Gasteiger partial charge < -0.3 is 14.9 Å². The Morgan fingerprint density at radius 3 is 2.48 bits per heavy atom. The lowest BCUT2D eigenvalue weighted by Crippen LogP contribution is -2.07. The van der Waals surface area contributed by atoms with Gasteiger partial charge in [0.25, 0.3) is 0 Å². The number of methoxy groups -OCH3 is 1. The molecule has 0 bridgehead atoms. The number of nitro groups is 1. The van der Waals surface area contributed by atoms with Crippen molar-refractivity contribution in [3.63, 3.8) is 0 Å². The van der Waals surface area contributed by atoms with E-state index < -0.39 is 26.3 Å². The van der Waals surface area contributed by atoms with Crippen LogP contribution in [0.25, 0.3) is 5.65 Å². The third-order valence-corrected chi connectivity index (χ3v) is 7.79. The van der Waals surface area contributed by atoms with Crippen LogP contribution in [0.4, 0.5) is 5.82 Å². The summed E-state index contributed by atoms with van der Waals surface area (Å²) in [6.45, 7) is 0. The molecule has 33 heavy (non-hydrogen) atoms. The normalized spacial score (nSPS) is 11.6. The number of aromatic nitrogens is 2. The number of hydrogen-bond acceptors (Lipinski definition) is 7. The molecule has 8 nitrogen and oxygen atoms in total. The second kappa shape index (κ2) is 9.42. The monoisotopic (exact) mass is 503 g/mol. The number of fused-ring (bicyclic) bond motifs is 1. The summed E-state index contributed by atoms with van der Waals surface area (Å²) in [5.41, 5.74) is 1.15. The number of hydrogen-bond donors (Lipinski definition) is 0. The second-order valence-electron chi connectivity index (χ2n) is 7.06. The predicted molar refractivity (Wildman–Crippen MR) is 127 cm³/mol. The number of halogens is 1. The molecule has 0 fully saturated rings. The number of ether oxygens (including phenoxy) is 1. The lowest BCUT2D eigenvalue weighted by atomic mass is 10.2. The van der Waals surface area contributed by atoms with E-state index in [1.807, 2.05) is 24.3 Å². The fourth-order valence-corrected chi connectivity index (χ4v) is 5.85. The van der Waals surface area contributed by atoms with Gasteiger partial charge in [-0.25, -0.2) is 13.4 Å². The minimum Gasteiger partial charge on any atom is -0.497 e. The van der Waals surface area contributed by atoms with Gasteiger partial charge >= 0.3 is 5.82 Å². The van der Waals surface area contributed by atoms with Gasteiger partial charge in [-0.15, -0.1) is 11.8 Å². The minimum absolute atomic E-state index is 0.0727. The van der Waals surface area contributed by atoms with E-state index in [0.29, 0.717) is 10.6 Å². The Labute approximate surface area is 199 Å². The number of sulfone groups is 1. The maximum absolute atomic E-state index is 12.9. The molecule has 0 N–H and O–H groups in total. The first-order chi connectivity index (χ1) is 15.8. The van der Waals surface area contributed by atoms with Crippen molar-refractivity contribution in [1.29, 1.82) is 0 Å². The van der Waals surface area contributed by atoms with Gasteiger partial charge in [-0.2, -0.15) is 4.40 Å². The van der Waals surface area contributed by atoms with E-state index in [-0.39, 0.29) is 21.3 Å². The molecule has 0 saturated carbocycles. The maximum Gasteiger partial charge on any atom is 0.352 e. The van der Waals surface area contributed by atoms with E-state index in [1.54, 1.807) is 31.4 Å². The molecule has 0 unspecified atom stereocenters. The fourth-order valence-electron chi connectivity index (χ4n) is 3.29. The van der Waals surface area contributed by atoms with Gasteiger partial charge in [-0.1, -0.05) is 41.9 Å². The van der Waals surface area contributed by atoms with Crippen molar-refractivity contribution in [1.82, 2.24) is 9.38 Å². The van der Waals surface area contributed by atoms with Crippen LogP contribution in [0.15, 0.2) is 76.7 Å². The van der Waals surface area contributed by atoms with Crippen LogP contribution in [-0.2, 0) is 21.3 Å². The Balaban J connectivity index is 1.73. The topological polar surface area (TPSA) is 104 Å². The molecule has 4 rings (SSSR count). The second-order valence-corrected chi connectivity index (χ2v) is 10.5. The van der Waals surface area contributed by atoms with Crippen LogP contribution in [0.5, 0.6) is 5.75 Å². The molecule has 0 aliphatic rings. The zero-order valence-corrected chi connectivity index (χ0v) is 19.7. The molecule has 0 saturated heterocycles. The van der Waals surface area contributed by atoms with Crippen LogP contribution in [-0.4, -0.2) is 29.8 Å². The van der Waals surface area contributed by atoms with Gasteiger partial charge in [0.05, 0.1) is 21.9 Å². The molecule has 2 heterocycles. The number of pyridine rings is 1. The molecule has 4 aromatic rings. The van der Waals surface area contributed by atoms with E-state index >= 15 is 0 Å². The molecule has 0 aliphatic heterocycles. The van der Waals surface area contributed by atoms with Gasteiger partial charge in [0.15, 0.2) is 15.5 Å². The molecule has 0 radical (unpaired) electrons. The average molecular weight is 504 g/mol. The van der Waals surface area contributed by atoms with Crippen molar-refractivity contribution in [2.45, 2.75) is 21.3 Å². The van der Waals surface area contributed by atoms with E-state index in [1.165, 1.54) is 34.5 Å². The SMILES string of the molecule is COc1ccc(CSc2cc(Cl)cn3c([N+](=O)[O-])c(CS(=O)(=O)c4ccccc4)nc23)cc1. The van der Waals surface area contributed by atoms with Gasteiger partial charge in [-0.05, 0) is 40.8 Å². The minimum atomic E-state index is -3.83. The van der Waals surface area contributed by atoms with Crippen molar-refractivity contribution in [3.05, 3.63) is 93.3 Å². The molecule has 11 heteroatoms. The Morgan fingerprint density at radius 1 is 1.15 bits per heavy atom. The zero-order chi connectivity index (χ0) is 23.6. The molecule has 0 spiro atoms. The van der Waals surface area contributed by atoms with Gasteiger partial charge in [0.2, 0.25) is 5.65 Å². The highest BCUT2D eigenvalue weighted by Crippen LogP contribution is 2.34. The summed E-state index contributed by atoms with van der Waals surface area (Å²) in [5, 5.41) is 12.1. The van der Waals surface area contributed by atoms with Gasteiger partial charge in [0, 0.05) is 5.75 Å². The smallest absolute Gasteiger partial charge is 0.352 e. The van der Waals surface area contributed by atoms with Crippen LogP contribution >= 0.6 is 23.4 Å². The lowest BCUT2D eigenvalue weighted by Gasteiger charge is -2.04. The molecular formula is C22H18ClN3O5S2. The summed E-state index contributed by atoms with van der Waals surface area (Å²) < 4.78 is 32.1.